The Morgan fingerprint density at radius 3 is 2.55 bits per heavy atom. The van der Waals surface area contributed by atoms with Crippen LogP contribution in [-0.4, -0.2) is 37.0 Å². The van der Waals surface area contributed by atoms with Gasteiger partial charge in [-0.05, 0) is 50.3 Å². The van der Waals surface area contributed by atoms with Crippen molar-refractivity contribution < 1.29 is 4.79 Å². The molecule has 108 valence electrons. The molecule has 1 unspecified atom stereocenters. The highest BCUT2D eigenvalue weighted by molar-refractivity contribution is 5.79. The Morgan fingerprint density at radius 2 is 1.85 bits per heavy atom. The summed E-state index contributed by atoms with van der Waals surface area (Å²) in [6, 6.07) is 9.16. The Hall–Kier alpha value is -1.35. The summed E-state index contributed by atoms with van der Waals surface area (Å²) in [5, 5.41) is 3.32. The van der Waals surface area contributed by atoms with E-state index >= 15 is 0 Å². The highest BCUT2D eigenvalue weighted by Gasteiger charge is 2.30. The number of hydrogen-bond donors (Lipinski definition) is 1. The summed E-state index contributed by atoms with van der Waals surface area (Å²) in [6.45, 7) is 1.84. The summed E-state index contributed by atoms with van der Waals surface area (Å²) in [7, 11) is 2.01. The van der Waals surface area contributed by atoms with Crippen LogP contribution < -0.4 is 5.32 Å². The fraction of sp³-hybridized carbons (Fsp3) is 0.588. The lowest BCUT2D eigenvalue weighted by atomic mass is 9.83. The van der Waals surface area contributed by atoms with E-state index in [1.807, 2.05) is 7.05 Å². The second-order valence-electron chi connectivity index (χ2n) is 6.10. The van der Waals surface area contributed by atoms with Gasteiger partial charge >= 0.3 is 0 Å². The molecule has 0 aromatic heterocycles. The second-order valence-corrected chi connectivity index (χ2v) is 6.10. The fourth-order valence-electron chi connectivity index (χ4n) is 3.56. The average molecular weight is 272 g/mol. The van der Waals surface area contributed by atoms with E-state index in [-0.39, 0.29) is 5.92 Å². The maximum atomic E-state index is 12.7. The zero-order chi connectivity index (χ0) is 13.9. The van der Waals surface area contributed by atoms with E-state index in [9.17, 15) is 4.79 Å². The first-order valence-corrected chi connectivity index (χ1v) is 7.80. The van der Waals surface area contributed by atoms with Gasteiger partial charge in [0.2, 0.25) is 5.91 Å². The molecule has 20 heavy (non-hydrogen) atoms. The number of fused-ring (bicyclic) bond motifs is 1. The molecule has 1 aliphatic heterocycles. The molecule has 3 heteroatoms. The highest BCUT2D eigenvalue weighted by Crippen LogP contribution is 2.27. The van der Waals surface area contributed by atoms with Gasteiger partial charge in [0.05, 0.1) is 0 Å². The molecule has 0 spiro atoms. The maximum absolute atomic E-state index is 12.7. The Bertz CT molecular complexity index is 478. The lowest BCUT2D eigenvalue weighted by Crippen LogP contribution is -2.46. The molecule has 1 fully saturated rings. The number of likely N-dealkylation sites (tertiary alicyclic amines) is 1. The topological polar surface area (TPSA) is 32.3 Å². The van der Waals surface area contributed by atoms with E-state index < -0.39 is 0 Å². The van der Waals surface area contributed by atoms with Gasteiger partial charge < -0.3 is 10.2 Å². The minimum absolute atomic E-state index is 0.205. The van der Waals surface area contributed by atoms with Gasteiger partial charge in [-0.1, -0.05) is 24.3 Å². The molecular formula is C17H24N2O. The van der Waals surface area contributed by atoms with E-state index in [4.69, 9.17) is 0 Å². The van der Waals surface area contributed by atoms with Crippen molar-refractivity contribution in [1.82, 2.24) is 10.2 Å². The minimum atomic E-state index is 0.205. The minimum Gasteiger partial charge on any atom is -0.342 e. The lowest BCUT2D eigenvalue weighted by molar-refractivity contribution is -0.137. The van der Waals surface area contributed by atoms with Gasteiger partial charge in [0.15, 0.2) is 0 Å². The van der Waals surface area contributed by atoms with Crippen LogP contribution in [0.1, 0.15) is 30.4 Å². The van der Waals surface area contributed by atoms with Crippen LogP contribution in [0.3, 0.4) is 0 Å². The third kappa shape index (κ3) is 2.73. The van der Waals surface area contributed by atoms with Crippen LogP contribution in [0.2, 0.25) is 0 Å². The maximum Gasteiger partial charge on any atom is 0.226 e. The van der Waals surface area contributed by atoms with Crippen LogP contribution in [0.4, 0.5) is 0 Å². The number of amides is 1. The summed E-state index contributed by atoms with van der Waals surface area (Å²) in [5.41, 5.74) is 2.81. The summed E-state index contributed by atoms with van der Waals surface area (Å²) < 4.78 is 0. The normalized spacial score (nSPS) is 23.4. The van der Waals surface area contributed by atoms with Crippen molar-refractivity contribution in [2.75, 3.05) is 20.1 Å². The van der Waals surface area contributed by atoms with Crippen LogP contribution in [0, 0.1) is 5.92 Å². The number of hydrogen-bond acceptors (Lipinski definition) is 2. The van der Waals surface area contributed by atoms with Crippen LogP contribution in [0.5, 0.6) is 0 Å². The predicted molar refractivity (Wildman–Crippen MR) is 80.6 cm³/mol. The zero-order valence-corrected chi connectivity index (χ0v) is 12.3. The summed E-state index contributed by atoms with van der Waals surface area (Å²) >= 11 is 0. The fourth-order valence-corrected chi connectivity index (χ4v) is 3.56. The van der Waals surface area contributed by atoms with Crippen molar-refractivity contribution in [3.05, 3.63) is 35.4 Å². The number of rotatable bonds is 2. The molecule has 0 bridgehead atoms. The molecule has 1 N–H and O–H groups in total. The van der Waals surface area contributed by atoms with Crippen molar-refractivity contribution in [3.63, 3.8) is 0 Å². The van der Waals surface area contributed by atoms with Gasteiger partial charge in [0, 0.05) is 25.0 Å². The number of piperidine rings is 1. The molecule has 1 aromatic rings. The number of nitrogens with zero attached hydrogens (tertiary/aromatic N) is 1. The Labute approximate surface area is 121 Å². The second kappa shape index (κ2) is 5.96. The zero-order valence-electron chi connectivity index (χ0n) is 12.3. The molecule has 1 saturated heterocycles. The monoisotopic (exact) mass is 272 g/mol. The molecule has 1 aromatic carbocycles. The summed E-state index contributed by atoms with van der Waals surface area (Å²) in [6.07, 6.45) is 5.18. The third-order valence-corrected chi connectivity index (χ3v) is 4.91. The molecule has 3 rings (SSSR count). The van der Waals surface area contributed by atoms with E-state index in [1.54, 1.807) is 0 Å². The van der Waals surface area contributed by atoms with Gasteiger partial charge in [-0.3, -0.25) is 4.79 Å². The highest BCUT2D eigenvalue weighted by atomic mass is 16.2. The Kier molecular flexibility index (Phi) is 4.06. The van der Waals surface area contributed by atoms with E-state index in [2.05, 4.69) is 34.5 Å². The quantitative estimate of drug-likeness (QED) is 0.893. The van der Waals surface area contributed by atoms with Gasteiger partial charge in [-0.25, -0.2) is 0 Å². The van der Waals surface area contributed by atoms with E-state index in [0.29, 0.717) is 11.9 Å². The van der Waals surface area contributed by atoms with Crippen molar-refractivity contribution in [2.24, 2.45) is 5.92 Å². The lowest BCUT2D eigenvalue weighted by Gasteiger charge is -2.35. The number of aryl methyl sites for hydroxylation is 1. The number of carbonyl (C=O) groups is 1. The Balaban J connectivity index is 1.62. The summed E-state index contributed by atoms with van der Waals surface area (Å²) in [5.74, 6) is 0.588. The molecular weight excluding hydrogens is 248 g/mol. The number of carbonyl (C=O) groups excluding carboxylic acids is 1. The van der Waals surface area contributed by atoms with Crippen LogP contribution in [-0.2, 0) is 17.6 Å². The van der Waals surface area contributed by atoms with Gasteiger partial charge in [-0.15, -0.1) is 0 Å². The molecule has 1 heterocycles. The van der Waals surface area contributed by atoms with Crippen molar-refractivity contribution in [1.29, 1.82) is 0 Å². The Morgan fingerprint density at radius 1 is 1.15 bits per heavy atom. The predicted octanol–water partition coefficient (Wildman–Crippen LogP) is 2.00. The van der Waals surface area contributed by atoms with Crippen molar-refractivity contribution in [3.8, 4) is 0 Å². The van der Waals surface area contributed by atoms with Gasteiger partial charge in [0.1, 0.15) is 0 Å². The van der Waals surface area contributed by atoms with Crippen molar-refractivity contribution >= 4 is 5.91 Å². The van der Waals surface area contributed by atoms with Gasteiger partial charge in [-0.2, -0.15) is 0 Å². The van der Waals surface area contributed by atoms with E-state index in [1.165, 1.54) is 11.1 Å². The molecule has 2 aliphatic rings. The molecule has 1 amide bonds. The molecule has 1 aliphatic carbocycles. The van der Waals surface area contributed by atoms with Crippen LogP contribution >= 0.6 is 0 Å². The third-order valence-electron chi connectivity index (χ3n) is 4.91. The molecule has 1 atom stereocenters. The molecule has 0 saturated carbocycles. The summed E-state index contributed by atoms with van der Waals surface area (Å²) in [4.78, 5) is 14.8. The standard InChI is InChI=1S/C17H24N2O/c1-18-16-8-10-19(11-9-16)17(20)15-7-6-13-4-2-3-5-14(13)12-15/h2-5,15-16,18H,6-12H2,1H3. The van der Waals surface area contributed by atoms with Crippen LogP contribution in [0.25, 0.3) is 0 Å². The SMILES string of the molecule is CNC1CCN(C(=O)C2CCc3ccccc3C2)CC1. The number of nitrogens with one attached hydrogen (secondary N) is 1. The largest absolute Gasteiger partial charge is 0.342 e. The average Bonchev–Trinajstić information content (AvgIpc) is 2.54. The molecule has 0 radical (unpaired) electrons. The molecule has 3 nitrogen and oxygen atoms in total. The van der Waals surface area contributed by atoms with Gasteiger partial charge in [0.25, 0.3) is 0 Å². The number of benzene rings is 1. The first-order valence-electron chi connectivity index (χ1n) is 7.80. The first-order chi connectivity index (χ1) is 9.78. The first kappa shape index (κ1) is 13.6. The van der Waals surface area contributed by atoms with Crippen LogP contribution in [0.15, 0.2) is 24.3 Å². The van der Waals surface area contributed by atoms with E-state index in [0.717, 1.165) is 45.2 Å². The smallest absolute Gasteiger partial charge is 0.226 e. The van der Waals surface area contributed by atoms with Crippen molar-refractivity contribution in [2.45, 2.75) is 38.1 Å².